The summed E-state index contributed by atoms with van der Waals surface area (Å²) >= 11 is 0. The minimum absolute atomic E-state index is 0.0565. The molecule has 2 heterocycles. The SMILES string of the molecule is CCCCc1cc2cc(NS(C)(=O)=O)ccn2c1C(=O)c1ccc(OCCCN(CCCC)CCCC)cc1. The Kier molecular flexibility index (Phi) is 11.9. The number of nitrogens with one attached hydrogen (secondary N) is 1. The van der Waals surface area contributed by atoms with Gasteiger partial charge in [0.05, 0.1) is 24.2 Å². The van der Waals surface area contributed by atoms with Crippen LogP contribution in [0.1, 0.15) is 87.3 Å². The molecule has 0 atom stereocenters. The van der Waals surface area contributed by atoms with E-state index in [0.29, 0.717) is 23.6 Å². The lowest BCUT2D eigenvalue weighted by atomic mass is 10.0. The second-order valence-electron chi connectivity index (χ2n) is 10.3. The highest BCUT2D eigenvalue weighted by Gasteiger charge is 2.20. The van der Waals surface area contributed by atoms with Crippen molar-refractivity contribution in [1.82, 2.24) is 9.30 Å². The first-order valence-corrected chi connectivity index (χ1v) is 16.3. The predicted octanol–water partition coefficient (Wildman–Crippen LogP) is 6.56. The number of unbranched alkanes of at least 4 members (excludes halogenated alkanes) is 3. The molecule has 3 aromatic rings. The molecule has 39 heavy (non-hydrogen) atoms. The molecule has 7 nitrogen and oxygen atoms in total. The van der Waals surface area contributed by atoms with E-state index in [9.17, 15) is 13.2 Å². The molecule has 0 unspecified atom stereocenters. The van der Waals surface area contributed by atoms with Gasteiger partial charge in [-0.3, -0.25) is 9.52 Å². The fourth-order valence-corrected chi connectivity index (χ4v) is 5.30. The van der Waals surface area contributed by atoms with Gasteiger partial charge in [-0.05, 0) is 93.2 Å². The van der Waals surface area contributed by atoms with Crippen molar-refractivity contribution >= 4 is 27.0 Å². The Morgan fingerprint density at radius 3 is 2.15 bits per heavy atom. The predicted molar refractivity (Wildman–Crippen MR) is 161 cm³/mol. The molecule has 1 N–H and O–H groups in total. The number of ether oxygens (including phenoxy) is 1. The lowest BCUT2D eigenvalue weighted by Crippen LogP contribution is -2.28. The quantitative estimate of drug-likeness (QED) is 0.142. The van der Waals surface area contributed by atoms with Crippen LogP contribution in [0.15, 0.2) is 48.7 Å². The summed E-state index contributed by atoms with van der Waals surface area (Å²) in [5.41, 5.74) is 3.45. The lowest BCUT2D eigenvalue weighted by molar-refractivity contribution is 0.103. The standard InChI is InChI=1S/C31H45N3O4S/c1-5-8-12-26-23-28-24-27(32-39(4,36)37)17-21-34(28)30(26)31(35)25-13-15-29(16-14-25)38-22-11-20-33(18-9-6-2)19-10-7-3/h13-17,21,23-24,32H,5-12,18-20,22H2,1-4H3. The van der Waals surface area contributed by atoms with E-state index < -0.39 is 10.0 Å². The Morgan fingerprint density at radius 2 is 1.54 bits per heavy atom. The molecule has 0 spiro atoms. The van der Waals surface area contributed by atoms with Crippen LogP contribution in [0, 0.1) is 0 Å². The van der Waals surface area contributed by atoms with Crippen molar-refractivity contribution in [2.75, 3.05) is 37.2 Å². The highest BCUT2D eigenvalue weighted by atomic mass is 32.2. The number of carbonyl (C=O) groups is 1. The molecule has 0 radical (unpaired) electrons. The van der Waals surface area contributed by atoms with E-state index in [4.69, 9.17) is 4.74 Å². The molecule has 8 heteroatoms. The van der Waals surface area contributed by atoms with E-state index in [1.54, 1.807) is 18.3 Å². The Labute approximate surface area is 234 Å². The minimum atomic E-state index is -3.39. The van der Waals surface area contributed by atoms with Gasteiger partial charge in [-0.1, -0.05) is 40.0 Å². The first-order chi connectivity index (χ1) is 18.8. The second-order valence-corrected chi connectivity index (χ2v) is 12.1. The molecule has 0 fully saturated rings. The summed E-state index contributed by atoms with van der Waals surface area (Å²) in [6, 6.07) is 12.8. The summed E-state index contributed by atoms with van der Waals surface area (Å²) in [5.74, 6) is 0.710. The number of carbonyl (C=O) groups excluding carboxylic acids is 1. The summed E-state index contributed by atoms with van der Waals surface area (Å²) < 4.78 is 33.7. The van der Waals surface area contributed by atoms with E-state index in [2.05, 4.69) is 30.4 Å². The number of sulfonamides is 1. The number of pyridine rings is 1. The highest BCUT2D eigenvalue weighted by Crippen LogP contribution is 2.25. The van der Waals surface area contributed by atoms with Gasteiger partial charge in [0.25, 0.3) is 0 Å². The molecule has 0 aliphatic rings. The van der Waals surface area contributed by atoms with Crippen LogP contribution in [0.5, 0.6) is 5.75 Å². The number of benzene rings is 1. The fraction of sp³-hybridized carbons (Fsp3) is 0.516. The molecule has 0 aliphatic carbocycles. The summed E-state index contributed by atoms with van der Waals surface area (Å²) in [4.78, 5) is 16.2. The molecule has 0 amide bonds. The van der Waals surface area contributed by atoms with Crippen molar-refractivity contribution in [2.45, 2.75) is 72.1 Å². The van der Waals surface area contributed by atoms with Crippen molar-refractivity contribution in [3.8, 4) is 5.75 Å². The largest absolute Gasteiger partial charge is 0.494 e. The molecular weight excluding hydrogens is 510 g/mol. The molecule has 0 bridgehead atoms. The van der Waals surface area contributed by atoms with E-state index in [-0.39, 0.29) is 5.78 Å². The van der Waals surface area contributed by atoms with Crippen molar-refractivity contribution in [3.05, 3.63) is 65.5 Å². The first kappa shape index (κ1) is 30.7. The van der Waals surface area contributed by atoms with Gasteiger partial charge >= 0.3 is 0 Å². The molecule has 214 valence electrons. The minimum Gasteiger partial charge on any atom is -0.494 e. The second kappa shape index (κ2) is 15.1. The Morgan fingerprint density at radius 1 is 0.897 bits per heavy atom. The van der Waals surface area contributed by atoms with Gasteiger partial charge in [0, 0.05) is 23.8 Å². The number of fused-ring (bicyclic) bond motifs is 1. The van der Waals surface area contributed by atoms with Crippen LogP contribution in [0.2, 0.25) is 0 Å². The Bertz CT molecular complexity index is 1290. The average molecular weight is 556 g/mol. The molecule has 0 saturated carbocycles. The van der Waals surface area contributed by atoms with Gasteiger partial charge in [0.2, 0.25) is 15.8 Å². The zero-order chi connectivity index (χ0) is 28.3. The van der Waals surface area contributed by atoms with Crippen molar-refractivity contribution in [1.29, 1.82) is 0 Å². The van der Waals surface area contributed by atoms with Gasteiger partial charge < -0.3 is 14.0 Å². The van der Waals surface area contributed by atoms with Crippen LogP contribution < -0.4 is 9.46 Å². The van der Waals surface area contributed by atoms with Gasteiger partial charge in [0.15, 0.2) is 0 Å². The summed E-state index contributed by atoms with van der Waals surface area (Å²) in [7, 11) is -3.39. The average Bonchev–Trinajstić information content (AvgIpc) is 3.27. The van der Waals surface area contributed by atoms with Crippen LogP contribution in [0.3, 0.4) is 0 Å². The number of rotatable bonds is 18. The van der Waals surface area contributed by atoms with Crippen LogP contribution in [0.4, 0.5) is 5.69 Å². The number of nitrogens with zero attached hydrogens (tertiary/aromatic N) is 2. The number of aryl methyl sites for hydroxylation is 1. The van der Waals surface area contributed by atoms with Crippen molar-refractivity contribution in [3.63, 3.8) is 0 Å². The Hall–Kier alpha value is -2.84. The van der Waals surface area contributed by atoms with E-state index in [1.165, 1.54) is 25.7 Å². The van der Waals surface area contributed by atoms with Crippen LogP contribution in [-0.2, 0) is 16.4 Å². The van der Waals surface area contributed by atoms with Crippen LogP contribution in [0.25, 0.3) is 5.52 Å². The van der Waals surface area contributed by atoms with Gasteiger partial charge in [-0.2, -0.15) is 0 Å². The van der Waals surface area contributed by atoms with Crippen LogP contribution >= 0.6 is 0 Å². The molecule has 0 aliphatic heterocycles. The molecular formula is C31H45N3O4S. The molecule has 2 aromatic heterocycles. The zero-order valence-corrected chi connectivity index (χ0v) is 24.9. The third-order valence-electron chi connectivity index (χ3n) is 6.83. The maximum absolute atomic E-state index is 13.7. The lowest BCUT2D eigenvalue weighted by Gasteiger charge is -2.21. The smallest absolute Gasteiger partial charge is 0.229 e. The monoisotopic (exact) mass is 555 g/mol. The normalized spacial score (nSPS) is 11.8. The van der Waals surface area contributed by atoms with Crippen LogP contribution in [-0.4, -0.2) is 56.0 Å². The topological polar surface area (TPSA) is 80.1 Å². The Balaban J connectivity index is 1.69. The van der Waals surface area contributed by atoms with E-state index in [0.717, 1.165) is 68.4 Å². The maximum atomic E-state index is 13.7. The van der Waals surface area contributed by atoms with Crippen molar-refractivity contribution < 1.29 is 17.9 Å². The third kappa shape index (κ3) is 9.39. The zero-order valence-electron chi connectivity index (χ0n) is 24.0. The number of hydrogen-bond donors (Lipinski definition) is 1. The van der Waals surface area contributed by atoms with E-state index in [1.807, 2.05) is 34.7 Å². The van der Waals surface area contributed by atoms with E-state index >= 15 is 0 Å². The van der Waals surface area contributed by atoms with Gasteiger partial charge in [-0.15, -0.1) is 0 Å². The molecule has 3 rings (SSSR count). The number of hydrogen-bond acceptors (Lipinski definition) is 5. The first-order valence-electron chi connectivity index (χ1n) is 14.4. The number of aromatic nitrogens is 1. The summed E-state index contributed by atoms with van der Waals surface area (Å²) in [5, 5.41) is 0. The fourth-order valence-electron chi connectivity index (χ4n) is 4.74. The van der Waals surface area contributed by atoms with Gasteiger partial charge in [-0.25, -0.2) is 8.42 Å². The number of ketones is 1. The maximum Gasteiger partial charge on any atom is 0.229 e. The summed E-state index contributed by atoms with van der Waals surface area (Å²) in [6.45, 7) is 10.6. The molecule has 0 saturated heterocycles. The van der Waals surface area contributed by atoms with Gasteiger partial charge in [0.1, 0.15) is 5.75 Å². The highest BCUT2D eigenvalue weighted by molar-refractivity contribution is 7.92. The number of anilines is 1. The summed E-state index contributed by atoms with van der Waals surface area (Å²) in [6.07, 6.45) is 11.5. The molecule has 1 aromatic carbocycles. The third-order valence-corrected chi connectivity index (χ3v) is 7.44. The van der Waals surface area contributed by atoms with Crippen molar-refractivity contribution in [2.24, 2.45) is 0 Å².